The SMILES string of the molecule is CSc1nc2c(S(=O)(=O)NC3CCCC3)cc(-c3c(C)noc3C)cc2[nH]1.Cc1noc(C)c1-c1cc(S(=O)(=O)NC2CCCC2)c2[nH]c(=S)[nH]c2c1. The molecule has 4 aromatic heterocycles. The van der Waals surface area contributed by atoms with Crippen molar-refractivity contribution in [3.05, 3.63) is 51.9 Å². The smallest absolute Gasteiger partial charge is 0.243 e. The number of sulfonamides is 2. The Morgan fingerprint density at radius 1 is 0.717 bits per heavy atom. The molecule has 0 unspecified atom stereocenters. The van der Waals surface area contributed by atoms with Crippen LogP contribution < -0.4 is 9.44 Å². The van der Waals surface area contributed by atoms with E-state index in [2.05, 4.69) is 39.7 Å². The molecule has 0 saturated heterocycles. The van der Waals surface area contributed by atoms with Gasteiger partial charge in [-0.25, -0.2) is 31.3 Å². The summed E-state index contributed by atoms with van der Waals surface area (Å²) in [4.78, 5) is 14.0. The van der Waals surface area contributed by atoms with E-state index in [-0.39, 0.29) is 21.9 Å². The van der Waals surface area contributed by atoms with Crippen molar-refractivity contribution in [1.82, 2.24) is 39.7 Å². The highest BCUT2D eigenvalue weighted by Gasteiger charge is 2.29. The van der Waals surface area contributed by atoms with Crippen molar-refractivity contribution in [3.63, 3.8) is 0 Å². The number of hydrogen-bond donors (Lipinski definition) is 5. The first-order chi connectivity index (χ1) is 25.2. The highest BCUT2D eigenvalue weighted by Crippen LogP contribution is 2.36. The molecule has 5 N–H and O–H groups in total. The van der Waals surface area contributed by atoms with Crippen LogP contribution in [0.4, 0.5) is 0 Å². The van der Waals surface area contributed by atoms with Crippen molar-refractivity contribution in [2.75, 3.05) is 6.26 Å². The van der Waals surface area contributed by atoms with Crippen molar-refractivity contribution in [2.24, 2.45) is 0 Å². The van der Waals surface area contributed by atoms with Crippen molar-refractivity contribution in [1.29, 1.82) is 0 Å². The number of thioether (sulfide) groups is 1. The Hall–Kier alpha value is -3.81. The van der Waals surface area contributed by atoms with Crippen LogP contribution in [-0.2, 0) is 20.0 Å². The van der Waals surface area contributed by atoms with Crippen molar-refractivity contribution < 1.29 is 25.9 Å². The molecule has 0 atom stereocenters. The first-order valence-electron chi connectivity index (χ1n) is 17.5. The molecule has 2 aliphatic carbocycles. The van der Waals surface area contributed by atoms with E-state index in [9.17, 15) is 16.8 Å². The monoisotopic (exact) mass is 798 g/mol. The summed E-state index contributed by atoms with van der Waals surface area (Å²) >= 11 is 6.62. The van der Waals surface area contributed by atoms with Gasteiger partial charge in [-0.1, -0.05) is 47.8 Å². The molecule has 8 rings (SSSR count). The van der Waals surface area contributed by atoms with E-state index in [4.69, 9.17) is 21.3 Å². The Morgan fingerprint density at radius 2 is 1.21 bits per heavy atom. The summed E-state index contributed by atoms with van der Waals surface area (Å²) < 4.78 is 69.1. The second-order valence-electron chi connectivity index (χ2n) is 13.7. The van der Waals surface area contributed by atoms with E-state index in [0.717, 1.165) is 79.3 Å². The van der Waals surface area contributed by atoms with Gasteiger partial charge in [0.15, 0.2) is 9.93 Å². The van der Waals surface area contributed by atoms with Gasteiger partial charge in [0.1, 0.15) is 26.8 Å². The zero-order chi connectivity index (χ0) is 37.7. The van der Waals surface area contributed by atoms with Gasteiger partial charge in [0.05, 0.1) is 27.9 Å². The minimum absolute atomic E-state index is 0.00765. The molecule has 0 radical (unpaired) electrons. The number of aryl methyl sites for hydroxylation is 4. The lowest BCUT2D eigenvalue weighted by atomic mass is 10.0. The fourth-order valence-corrected chi connectivity index (χ4v) is 11.0. The highest BCUT2D eigenvalue weighted by atomic mass is 32.2. The third-order valence-corrected chi connectivity index (χ3v) is 13.8. The summed E-state index contributed by atoms with van der Waals surface area (Å²) in [6, 6.07) is 7.08. The van der Waals surface area contributed by atoms with Crippen LogP contribution in [0, 0.1) is 32.5 Å². The zero-order valence-electron chi connectivity index (χ0n) is 30.0. The van der Waals surface area contributed by atoms with Gasteiger partial charge in [0.25, 0.3) is 0 Å². The molecule has 0 amide bonds. The van der Waals surface area contributed by atoms with E-state index in [1.54, 1.807) is 12.1 Å². The number of fused-ring (bicyclic) bond motifs is 2. The number of rotatable bonds is 9. The molecule has 2 aliphatic rings. The fourth-order valence-electron chi connectivity index (χ4n) is 7.42. The molecule has 0 bridgehead atoms. The maximum atomic E-state index is 13.2. The van der Waals surface area contributed by atoms with Gasteiger partial charge < -0.3 is 24.0 Å². The number of hydrogen-bond acceptors (Lipinski definition) is 11. The largest absolute Gasteiger partial charge is 0.361 e. The van der Waals surface area contributed by atoms with E-state index in [0.29, 0.717) is 49.2 Å². The molecule has 2 aromatic carbocycles. The number of nitrogens with one attached hydrogen (secondary N) is 5. The number of benzene rings is 2. The number of H-pyrrole nitrogens is 3. The van der Waals surface area contributed by atoms with Gasteiger partial charge in [0, 0.05) is 23.2 Å². The quantitative estimate of drug-likeness (QED) is 0.0716. The van der Waals surface area contributed by atoms with Crippen molar-refractivity contribution in [2.45, 2.75) is 106 Å². The molecular formula is C35H42N8O6S4. The summed E-state index contributed by atoms with van der Waals surface area (Å²) in [5.74, 6) is 1.30. The minimum Gasteiger partial charge on any atom is -0.361 e. The van der Waals surface area contributed by atoms with Crippen LogP contribution >= 0.6 is 24.0 Å². The van der Waals surface area contributed by atoms with Gasteiger partial charge in [-0.15, -0.1) is 0 Å². The predicted molar refractivity (Wildman–Crippen MR) is 206 cm³/mol. The Labute approximate surface area is 316 Å². The Kier molecular flexibility index (Phi) is 10.5. The molecule has 14 nitrogen and oxygen atoms in total. The number of aromatic nitrogens is 6. The second kappa shape index (κ2) is 14.8. The van der Waals surface area contributed by atoms with Crippen LogP contribution in [0.1, 0.15) is 74.3 Å². The number of aromatic amines is 3. The molecule has 2 saturated carbocycles. The van der Waals surface area contributed by atoms with Gasteiger partial charge in [-0.2, -0.15) is 0 Å². The maximum absolute atomic E-state index is 13.2. The summed E-state index contributed by atoms with van der Waals surface area (Å²) in [7, 11) is -7.39. The normalized spacial score (nSPS) is 15.9. The van der Waals surface area contributed by atoms with E-state index >= 15 is 0 Å². The van der Waals surface area contributed by atoms with Crippen LogP contribution in [0.3, 0.4) is 0 Å². The van der Waals surface area contributed by atoms with Crippen LogP contribution in [0.15, 0.2) is 48.3 Å². The Bertz CT molecular complexity index is 2550. The zero-order valence-corrected chi connectivity index (χ0v) is 33.3. The molecule has 6 aromatic rings. The Morgan fingerprint density at radius 3 is 1.70 bits per heavy atom. The molecule has 4 heterocycles. The van der Waals surface area contributed by atoms with E-state index < -0.39 is 20.0 Å². The molecular weight excluding hydrogens is 757 g/mol. The topological polar surface area (TPSA) is 205 Å². The van der Waals surface area contributed by atoms with Crippen molar-refractivity contribution in [3.8, 4) is 22.3 Å². The van der Waals surface area contributed by atoms with Crippen LogP contribution in [0.2, 0.25) is 0 Å². The lowest BCUT2D eigenvalue weighted by Crippen LogP contribution is -2.32. The maximum Gasteiger partial charge on any atom is 0.243 e. The number of nitrogens with zero attached hydrogens (tertiary/aromatic N) is 3. The molecule has 0 aliphatic heterocycles. The summed E-state index contributed by atoms with van der Waals surface area (Å²) in [5, 5.41) is 8.65. The highest BCUT2D eigenvalue weighted by molar-refractivity contribution is 7.98. The van der Waals surface area contributed by atoms with Gasteiger partial charge in [0.2, 0.25) is 20.0 Å². The molecule has 2 fully saturated rings. The summed E-state index contributed by atoms with van der Waals surface area (Å²) in [6.45, 7) is 7.32. The third kappa shape index (κ3) is 7.62. The second-order valence-corrected chi connectivity index (χ2v) is 18.3. The first-order valence-corrected chi connectivity index (χ1v) is 22.1. The third-order valence-electron chi connectivity index (χ3n) is 9.89. The Balaban J connectivity index is 0.000000164. The molecule has 0 spiro atoms. The number of imidazole rings is 2. The lowest BCUT2D eigenvalue weighted by Gasteiger charge is -2.14. The van der Waals surface area contributed by atoms with Gasteiger partial charge in [-0.3, -0.25) is 0 Å². The standard InChI is InChI=1S/C18H22N4O3S2.C17H20N4O3S2/c1-10-16(11(2)25-21-10)12-8-14-17(20-18(19-14)26-3)15(9-12)27(23,24)22-13-6-4-5-7-13;1-9-15(10(2)24-20-9)11-7-13-16(19-17(25)18-13)14(8-11)26(22,23)21-12-5-3-4-6-12/h8-9,13,22H,4-7H2,1-3H3,(H,19,20);7-8,12,21H,3-6H2,1-2H3,(H2,18,19,25). The molecule has 282 valence electrons. The van der Waals surface area contributed by atoms with Gasteiger partial charge >= 0.3 is 0 Å². The molecule has 18 heteroatoms. The van der Waals surface area contributed by atoms with Gasteiger partial charge in [-0.05, 0) is 107 Å². The average molecular weight is 799 g/mol. The summed E-state index contributed by atoms with van der Waals surface area (Å²) in [5.41, 5.74) is 6.79. The van der Waals surface area contributed by atoms with Crippen molar-refractivity contribution >= 4 is 66.1 Å². The van der Waals surface area contributed by atoms with E-state index in [1.807, 2.05) is 46.1 Å². The fraction of sp³-hybridized carbons (Fsp3) is 0.429. The summed E-state index contributed by atoms with van der Waals surface area (Å²) in [6.07, 6.45) is 9.61. The predicted octanol–water partition coefficient (Wildman–Crippen LogP) is 7.50. The molecule has 53 heavy (non-hydrogen) atoms. The lowest BCUT2D eigenvalue weighted by molar-refractivity contribution is 0.393. The van der Waals surface area contributed by atoms with Crippen LogP contribution in [0.5, 0.6) is 0 Å². The average Bonchev–Trinajstić information content (AvgIpc) is 3.96. The van der Waals surface area contributed by atoms with Crippen LogP contribution in [0.25, 0.3) is 44.3 Å². The minimum atomic E-state index is -3.70. The van der Waals surface area contributed by atoms with E-state index in [1.165, 1.54) is 11.8 Å². The first kappa shape index (κ1) is 37.5. The van der Waals surface area contributed by atoms with Crippen LogP contribution in [-0.4, -0.2) is 65.4 Å².